The SMILES string of the molecule is O=C(c1scc(Br)c1Br)c1c(F)cc(Br)cc1F. The Morgan fingerprint density at radius 2 is 1.67 bits per heavy atom. The van der Waals surface area contributed by atoms with Gasteiger partial charge in [-0.1, -0.05) is 15.9 Å². The summed E-state index contributed by atoms with van der Waals surface area (Å²) in [4.78, 5) is 12.3. The van der Waals surface area contributed by atoms with E-state index in [9.17, 15) is 13.6 Å². The van der Waals surface area contributed by atoms with Crippen molar-refractivity contribution in [1.82, 2.24) is 0 Å². The molecule has 0 atom stereocenters. The molecule has 0 spiro atoms. The van der Waals surface area contributed by atoms with Crippen molar-refractivity contribution < 1.29 is 13.6 Å². The van der Waals surface area contributed by atoms with E-state index in [1.54, 1.807) is 5.38 Å². The van der Waals surface area contributed by atoms with Gasteiger partial charge in [0.25, 0.3) is 0 Å². The van der Waals surface area contributed by atoms with Gasteiger partial charge >= 0.3 is 0 Å². The lowest BCUT2D eigenvalue weighted by molar-refractivity contribution is 0.103. The zero-order chi connectivity index (χ0) is 13.4. The van der Waals surface area contributed by atoms with Crippen LogP contribution in [0.25, 0.3) is 0 Å². The number of carbonyl (C=O) groups is 1. The molecule has 0 unspecified atom stereocenters. The number of hydrogen-bond acceptors (Lipinski definition) is 2. The Kier molecular flexibility index (Phi) is 4.36. The lowest BCUT2D eigenvalue weighted by Gasteiger charge is -2.04. The first-order valence-corrected chi connectivity index (χ1v) is 7.79. The van der Waals surface area contributed by atoms with Crippen molar-refractivity contribution in [2.75, 3.05) is 0 Å². The Labute approximate surface area is 131 Å². The summed E-state index contributed by atoms with van der Waals surface area (Å²) in [5, 5.41) is 1.67. The largest absolute Gasteiger partial charge is 0.287 e. The first-order valence-electron chi connectivity index (χ1n) is 4.53. The quantitative estimate of drug-likeness (QED) is 0.537. The molecule has 1 aromatic carbocycles. The van der Waals surface area contributed by atoms with Crippen LogP contribution >= 0.6 is 59.1 Å². The minimum absolute atomic E-state index is 0.250. The number of rotatable bonds is 2. The standard InChI is InChI=1S/C11H3Br3F2OS/c12-4-1-6(15)8(7(16)2-4)10(17)11-9(14)5(13)3-18-11/h1-3H. The Morgan fingerprint density at radius 1 is 1.11 bits per heavy atom. The molecule has 0 aliphatic carbocycles. The lowest BCUT2D eigenvalue weighted by atomic mass is 10.1. The van der Waals surface area contributed by atoms with Crippen molar-refractivity contribution in [3.63, 3.8) is 0 Å². The molecule has 0 radical (unpaired) electrons. The summed E-state index contributed by atoms with van der Waals surface area (Å²) in [6.07, 6.45) is 0. The van der Waals surface area contributed by atoms with E-state index in [1.165, 1.54) is 0 Å². The molecular weight excluding hydrogens is 458 g/mol. The van der Waals surface area contributed by atoms with E-state index < -0.39 is 23.0 Å². The average Bonchev–Trinajstić information content (AvgIpc) is 2.58. The number of hydrogen-bond donors (Lipinski definition) is 0. The predicted octanol–water partition coefficient (Wildman–Crippen LogP) is 5.54. The van der Waals surface area contributed by atoms with Gasteiger partial charge in [-0.2, -0.15) is 0 Å². The molecule has 0 amide bonds. The van der Waals surface area contributed by atoms with Crippen LogP contribution in [0.5, 0.6) is 0 Å². The van der Waals surface area contributed by atoms with Crippen molar-refractivity contribution in [2.24, 2.45) is 0 Å². The molecule has 1 aromatic heterocycles. The molecule has 1 heterocycles. The van der Waals surface area contributed by atoms with Gasteiger partial charge in [-0.05, 0) is 44.0 Å². The highest BCUT2D eigenvalue weighted by Crippen LogP contribution is 2.35. The molecule has 0 saturated carbocycles. The summed E-state index contributed by atoms with van der Waals surface area (Å²) in [7, 11) is 0. The summed E-state index contributed by atoms with van der Waals surface area (Å²) < 4.78 is 28.8. The molecule has 94 valence electrons. The first kappa shape index (κ1) is 14.3. The summed E-state index contributed by atoms with van der Waals surface area (Å²) >= 11 is 10.5. The Morgan fingerprint density at radius 3 is 2.11 bits per heavy atom. The summed E-state index contributed by atoms with van der Waals surface area (Å²) in [6.45, 7) is 0. The normalized spacial score (nSPS) is 10.7. The number of halogens is 5. The van der Waals surface area contributed by atoms with E-state index >= 15 is 0 Å². The molecule has 2 rings (SSSR count). The summed E-state index contributed by atoms with van der Waals surface area (Å²) in [5.41, 5.74) is -0.548. The molecule has 18 heavy (non-hydrogen) atoms. The molecule has 2 aromatic rings. The molecule has 0 N–H and O–H groups in total. The second kappa shape index (κ2) is 5.48. The molecule has 0 saturated heterocycles. The topological polar surface area (TPSA) is 17.1 Å². The van der Waals surface area contributed by atoms with Crippen molar-refractivity contribution in [2.45, 2.75) is 0 Å². The van der Waals surface area contributed by atoms with Gasteiger partial charge in [-0.15, -0.1) is 11.3 Å². The zero-order valence-corrected chi connectivity index (χ0v) is 14.0. The third kappa shape index (κ3) is 2.59. The summed E-state index contributed by atoms with van der Waals surface area (Å²) in [5.74, 6) is -2.45. The fourth-order valence-electron chi connectivity index (χ4n) is 1.35. The van der Waals surface area contributed by atoms with Crippen LogP contribution in [-0.4, -0.2) is 5.78 Å². The van der Waals surface area contributed by atoms with Crippen LogP contribution in [0.2, 0.25) is 0 Å². The van der Waals surface area contributed by atoms with Crippen molar-refractivity contribution in [3.8, 4) is 0 Å². The Balaban J connectivity index is 2.57. The average molecular weight is 461 g/mol. The second-order valence-corrected chi connectivity index (χ2v) is 6.74. The number of benzene rings is 1. The lowest BCUT2D eigenvalue weighted by Crippen LogP contribution is -2.06. The van der Waals surface area contributed by atoms with E-state index in [0.717, 1.165) is 23.5 Å². The fraction of sp³-hybridized carbons (Fsp3) is 0. The van der Waals surface area contributed by atoms with Gasteiger partial charge in [-0.25, -0.2) is 8.78 Å². The zero-order valence-electron chi connectivity index (χ0n) is 8.44. The monoisotopic (exact) mass is 458 g/mol. The number of carbonyl (C=O) groups excluding carboxylic acids is 1. The number of ketones is 1. The van der Waals surface area contributed by atoms with Crippen LogP contribution in [0.15, 0.2) is 30.9 Å². The third-order valence-electron chi connectivity index (χ3n) is 2.13. The second-order valence-electron chi connectivity index (χ2n) is 3.30. The van der Waals surface area contributed by atoms with Gasteiger partial charge in [0.1, 0.15) is 11.6 Å². The molecule has 0 aliphatic rings. The van der Waals surface area contributed by atoms with E-state index in [2.05, 4.69) is 47.8 Å². The first-order chi connectivity index (χ1) is 8.41. The molecule has 0 fully saturated rings. The number of thiophene rings is 1. The minimum Gasteiger partial charge on any atom is -0.287 e. The molecular formula is C11H3Br3F2OS. The Bertz CT molecular complexity index is 616. The maximum absolute atomic E-state index is 13.7. The van der Waals surface area contributed by atoms with E-state index in [0.29, 0.717) is 8.95 Å². The van der Waals surface area contributed by atoms with Crippen LogP contribution in [0.1, 0.15) is 15.2 Å². The Hall–Kier alpha value is -0.110. The van der Waals surface area contributed by atoms with Crippen LogP contribution in [-0.2, 0) is 0 Å². The van der Waals surface area contributed by atoms with E-state index in [-0.39, 0.29) is 9.35 Å². The smallest absolute Gasteiger partial charge is 0.210 e. The maximum atomic E-state index is 13.7. The van der Waals surface area contributed by atoms with Gasteiger partial charge < -0.3 is 0 Å². The highest BCUT2D eigenvalue weighted by molar-refractivity contribution is 9.13. The fourth-order valence-corrected chi connectivity index (χ4v) is 3.85. The molecule has 0 aliphatic heterocycles. The van der Waals surface area contributed by atoms with Gasteiger partial charge in [-0.3, -0.25) is 4.79 Å². The summed E-state index contributed by atoms with van der Waals surface area (Å²) in [6, 6.07) is 2.12. The van der Waals surface area contributed by atoms with Crippen LogP contribution < -0.4 is 0 Å². The van der Waals surface area contributed by atoms with Crippen LogP contribution in [0.3, 0.4) is 0 Å². The maximum Gasteiger partial charge on any atom is 0.210 e. The van der Waals surface area contributed by atoms with Gasteiger partial charge in [0, 0.05) is 14.3 Å². The van der Waals surface area contributed by atoms with Crippen molar-refractivity contribution in [3.05, 3.63) is 53.0 Å². The van der Waals surface area contributed by atoms with Crippen LogP contribution in [0, 0.1) is 11.6 Å². The highest BCUT2D eigenvalue weighted by Gasteiger charge is 2.23. The van der Waals surface area contributed by atoms with Crippen molar-refractivity contribution >= 4 is 64.9 Å². The van der Waals surface area contributed by atoms with Crippen LogP contribution in [0.4, 0.5) is 8.78 Å². The highest BCUT2D eigenvalue weighted by atomic mass is 79.9. The van der Waals surface area contributed by atoms with Gasteiger partial charge in [0.15, 0.2) is 0 Å². The van der Waals surface area contributed by atoms with E-state index in [4.69, 9.17) is 0 Å². The third-order valence-corrected chi connectivity index (χ3v) is 6.11. The molecule has 1 nitrogen and oxygen atoms in total. The van der Waals surface area contributed by atoms with E-state index in [1.807, 2.05) is 0 Å². The molecule has 7 heteroatoms. The molecule has 0 bridgehead atoms. The van der Waals surface area contributed by atoms with Gasteiger partial charge in [0.2, 0.25) is 5.78 Å². The van der Waals surface area contributed by atoms with Crippen molar-refractivity contribution in [1.29, 1.82) is 0 Å². The minimum atomic E-state index is -0.886. The predicted molar refractivity (Wildman–Crippen MR) is 77.2 cm³/mol. The van der Waals surface area contributed by atoms with Gasteiger partial charge in [0.05, 0.1) is 14.9 Å².